The molecule has 2 unspecified atom stereocenters. The van der Waals surface area contributed by atoms with Crippen molar-refractivity contribution >= 4 is 50.5 Å². The van der Waals surface area contributed by atoms with Gasteiger partial charge in [-0.1, -0.05) is 12.8 Å². The van der Waals surface area contributed by atoms with Gasteiger partial charge in [-0.3, -0.25) is 14.5 Å². The summed E-state index contributed by atoms with van der Waals surface area (Å²) >= 11 is 3.17. The largest absolute Gasteiger partial charge is 0.274 e. The number of nitrogens with zero attached hydrogens (tertiary/aromatic N) is 2. The maximum absolute atomic E-state index is 12.9. The Morgan fingerprint density at radius 1 is 1.04 bits per heavy atom. The summed E-state index contributed by atoms with van der Waals surface area (Å²) in [5.41, 5.74) is 1.64. The third-order valence-electron chi connectivity index (χ3n) is 5.53. The number of anilines is 1. The predicted molar refractivity (Wildman–Crippen MR) is 106 cm³/mol. The van der Waals surface area contributed by atoms with Crippen LogP contribution in [-0.2, 0) is 9.59 Å². The predicted octanol–water partition coefficient (Wildman–Crippen LogP) is 5.01. The van der Waals surface area contributed by atoms with Crippen molar-refractivity contribution in [3.05, 3.63) is 35.2 Å². The molecule has 5 rings (SSSR count). The number of hydrogen-bond acceptors (Lipinski definition) is 5. The molecule has 0 radical (unpaired) electrons. The summed E-state index contributed by atoms with van der Waals surface area (Å²) in [4.78, 5) is 29.6. The molecule has 0 N–H and O–H groups in total. The van der Waals surface area contributed by atoms with Gasteiger partial charge >= 0.3 is 0 Å². The van der Waals surface area contributed by atoms with Gasteiger partial charge in [0.15, 0.2) is 0 Å². The third-order valence-corrected chi connectivity index (χ3v) is 7.36. The Bertz CT molecular complexity index is 1010. The lowest BCUT2D eigenvalue weighted by molar-refractivity contribution is -0.122. The summed E-state index contributed by atoms with van der Waals surface area (Å²) in [7, 11) is 0. The van der Waals surface area contributed by atoms with Gasteiger partial charge in [-0.25, -0.2) is 0 Å². The summed E-state index contributed by atoms with van der Waals surface area (Å²) < 4.78 is 5.70. The van der Waals surface area contributed by atoms with Gasteiger partial charge in [-0.15, -0.1) is 11.3 Å². The normalized spacial score (nSPS) is 23.0. The van der Waals surface area contributed by atoms with Crippen LogP contribution < -0.4 is 4.90 Å². The van der Waals surface area contributed by atoms with Crippen molar-refractivity contribution in [1.82, 2.24) is 4.37 Å². The van der Waals surface area contributed by atoms with Crippen molar-refractivity contribution in [2.45, 2.75) is 32.6 Å². The van der Waals surface area contributed by atoms with Crippen LogP contribution in [0.3, 0.4) is 0 Å². The van der Waals surface area contributed by atoms with E-state index in [0.717, 1.165) is 46.3 Å². The van der Waals surface area contributed by atoms with Crippen molar-refractivity contribution < 1.29 is 9.59 Å². The van der Waals surface area contributed by atoms with Crippen LogP contribution in [0.4, 0.5) is 5.69 Å². The van der Waals surface area contributed by atoms with Crippen LogP contribution in [0.2, 0.25) is 0 Å². The molecule has 1 saturated carbocycles. The second kappa shape index (κ2) is 5.99. The standard InChI is InChI=1S/C20H18N2O2S2/c1-11-6-8-17(25-11)18-15-10-12(7-9-16(15)26-21-18)22-19(23)13-4-2-3-5-14(13)20(22)24/h6-10,13-14H,2-5H2,1H3. The number of rotatable bonds is 2. The Kier molecular flexibility index (Phi) is 3.72. The summed E-state index contributed by atoms with van der Waals surface area (Å²) in [5, 5.41) is 1.02. The molecular formula is C20H18N2O2S2. The maximum atomic E-state index is 12.9. The number of hydrogen-bond donors (Lipinski definition) is 0. The first-order chi connectivity index (χ1) is 12.6. The van der Waals surface area contributed by atoms with Crippen molar-refractivity contribution in [3.8, 4) is 10.6 Å². The molecule has 1 aliphatic heterocycles. The van der Waals surface area contributed by atoms with E-state index in [9.17, 15) is 9.59 Å². The van der Waals surface area contributed by atoms with Gasteiger partial charge in [0.2, 0.25) is 11.8 Å². The molecule has 2 aliphatic rings. The molecule has 4 nitrogen and oxygen atoms in total. The van der Waals surface area contributed by atoms with Crippen molar-refractivity contribution in [1.29, 1.82) is 0 Å². The zero-order chi connectivity index (χ0) is 17.8. The third kappa shape index (κ3) is 2.36. The molecule has 26 heavy (non-hydrogen) atoms. The molecule has 1 aromatic carbocycles. The zero-order valence-corrected chi connectivity index (χ0v) is 16.0. The molecule has 1 aliphatic carbocycles. The van der Waals surface area contributed by atoms with E-state index in [4.69, 9.17) is 0 Å². The van der Waals surface area contributed by atoms with Gasteiger partial charge in [-0.05, 0) is 61.6 Å². The van der Waals surface area contributed by atoms with Crippen LogP contribution >= 0.6 is 22.9 Å². The molecular weight excluding hydrogens is 364 g/mol. The van der Waals surface area contributed by atoms with Gasteiger partial charge in [0.25, 0.3) is 0 Å². The SMILES string of the molecule is Cc1ccc(-c2nsc3ccc(N4C(=O)C5CCCCC5C4=O)cc23)s1. The van der Waals surface area contributed by atoms with Gasteiger partial charge < -0.3 is 0 Å². The molecule has 132 valence electrons. The van der Waals surface area contributed by atoms with Crippen molar-refractivity contribution in [2.24, 2.45) is 11.8 Å². The van der Waals surface area contributed by atoms with Crippen LogP contribution in [0.5, 0.6) is 0 Å². The average molecular weight is 383 g/mol. The molecule has 6 heteroatoms. The van der Waals surface area contributed by atoms with E-state index < -0.39 is 0 Å². The fourth-order valence-electron chi connectivity index (χ4n) is 4.22. The molecule has 2 atom stereocenters. The minimum absolute atomic E-state index is 0.0178. The minimum Gasteiger partial charge on any atom is -0.274 e. The summed E-state index contributed by atoms with van der Waals surface area (Å²) in [5.74, 6) is -0.273. The van der Waals surface area contributed by atoms with E-state index in [1.165, 1.54) is 21.3 Å². The quantitative estimate of drug-likeness (QED) is 0.585. The number of benzene rings is 1. The van der Waals surface area contributed by atoms with Crippen molar-refractivity contribution in [3.63, 3.8) is 0 Å². The number of imide groups is 1. The smallest absolute Gasteiger partial charge is 0.237 e. The molecule has 2 aromatic heterocycles. The van der Waals surface area contributed by atoms with E-state index >= 15 is 0 Å². The lowest BCUT2D eigenvalue weighted by Crippen LogP contribution is -2.30. The maximum Gasteiger partial charge on any atom is 0.237 e. The lowest BCUT2D eigenvalue weighted by atomic mass is 9.81. The Morgan fingerprint density at radius 2 is 1.77 bits per heavy atom. The molecule has 1 saturated heterocycles. The molecule has 2 fully saturated rings. The Labute approximate surface area is 159 Å². The Balaban J connectivity index is 1.59. The number of amides is 2. The second-order valence-electron chi connectivity index (χ2n) is 7.13. The van der Waals surface area contributed by atoms with Crippen LogP contribution in [0.1, 0.15) is 30.6 Å². The first kappa shape index (κ1) is 16.1. The molecule has 3 aromatic rings. The lowest BCUT2D eigenvalue weighted by Gasteiger charge is -2.19. The van der Waals surface area contributed by atoms with Crippen LogP contribution in [0, 0.1) is 18.8 Å². The number of aryl methyl sites for hydroxylation is 1. The van der Waals surface area contributed by atoms with Gasteiger partial charge in [-0.2, -0.15) is 4.37 Å². The summed E-state index contributed by atoms with van der Waals surface area (Å²) in [6, 6.07) is 10.0. The van der Waals surface area contributed by atoms with Crippen LogP contribution in [0.15, 0.2) is 30.3 Å². The summed E-state index contributed by atoms with van der Waals surface area (Å²) in [6.07, 6.45) is 3.77. The number of fused-ring (bicyclic) bond motifs is 2. The number of thiophene rings is 1. The highest BCUT2D eigenvalue weighted by atomic mass is 32.1. The van der Waals surface area contributed by atoms with E-state index in [1.807, 2.05) is 18.2 Å². The van der Waals surface area contributed by atoms with Gasteiger partial charge in [0, 0.05) is 10.3 Å². The number of carbonyl (C=O) groups excluding carboxylic acids is 2. The highest BCUT2D eigenvalue weighted by molar-refractivity contribution is 7.17. The van der Waals surface area contributed by atoms with Crippen LogP contribution in [-0.4, -0.2) is 16.2 Å². The molecule has 2 amide bonds. The van der Waals surface area contributed by atoms with E-state index in [1.54, 1.807) is 11.3 Å². The number of carbonyl (C=O) groups is 2. The van der Waals surface area contributed by atoms with Gasteiger partial charge in [0.05, 0.1) is 27.1 Å². The topological polar surface area (TPSA) is 50.3 Å². The van der Waals surface area contributed by atoms with E-state index in [-0.39, 0.29) is 23.7 Å². The van der Waals surface area contributed by atoms with E-state index in [0.29, 0.717) is 5.69 Å². The minimum atomic E-state index is -0.119. The van der Waals surface area contributed by atoms with Crippen molar-refractivity contribution in [2.75, 3.05) is 4.90 Å². The Morgan fingerprint density at radius 3 is 2.42 bits per heavy atom. The molecule has 3 heterocycles. The second-order valence-corrected chi connectivity index (χ2v) is 9.22. The van der Waals surface area contributed by atoms with Crippen LogP contribution in [0.25, 0.3) is 20.7 Å². The fraction of sp³-hybridized carbons (Fsp3) is 0.350. The average Bonchev–Trinajstić information content (AvgIpc) is 3.32. The Hall–Kier alpha value is -2.05. The highest BCUT2D eigenvalue weighted by Gasteiger charge is 2.48. The van der Waals surface area contributed by atoms with Gasteiger partial charge in [0.1, 0.15) is 5.69 Å². The monoisotopic (exact) mass is 382 g/mol. The molecule has 0 bridgehead atoms. The number of aromatic nitrogens is 1. The zero-order valence-electron chi connectivity index (χ0n) is 14.4. The first-order valence-electron chi connectivity index (χ1n) is 8.97. The highest BCUT2D eigenvalue weighted by Crippen LogP contribution is 2.42. The first-order valence-corrected chi connectivity index (χ1v) is 10.6. The van der Waals surface area contributed by atoms with E-state index in [2.05, 4.69) is 23.4 Å². The molecule has 0 spiro atoms. The summed E-state index contributed by atoms with van der Waals surface area (Å²) in [6.45, 7) is 2.08. The fourth-order valence-corrected chi connectivity index (χ4v) is 5.92.